The van der Waals surface area contributed by atoms with Gasteiger partial charge in [-0.2, -0.15) is 11.8 Å². The Morgan fingerprint density at radius 2 is 2.19 bits per heavy atom. The zero-order valence-electron chi connectivity index (χ0n) is 10.2. The molecule has 0 fully saturated rings. The molecule has 1 aromatic heterocycles. The number of fused-ring (bicyclic) bond motifs is 1. The Hall–Kier alpha value is 0.01000. The Kier molecular flexibility index (Phi) is 4.34. The summed E-state index contributed by atoms with van der Waals surface area (Å²) < 4.78 is 0. The van der Waals surface area contributed by atoms with Crippen LogP contribution < -0.4 is 5.73 Å². The topological polar surface area (TPSA) is 26.0 Å². The van der Waals surface area contributed by atoms with E-state index in [-0.39, 0.29) is 6.04 Å². The van der Waals surface area contributed by atoms with Gasteiger partial charge in [-0.05, 0) is 42.6 Å². The molecule has 0 amide bonds. The Labute approximate surface area is 107 Å². The van der Waals surface area contributed by atoms with Gasteiger partial charge in [-0.25, -0.2) is 0 Å². The molecule has 1 aliphatic heterocycles. The zero-order valence-corrected chi connectivity index (χ0v) is 11.8. The van der Waals surface area contributed by atoms with Gasteiger partial charge in [0.25, 0.3) is 0 Å². The van der Waals surface area contributed by atoms with Crippen LogP contribution in [0.5, 0.6) is 0 Å². The molecule has 0 bridgehead atoms. The van der Waals surface area contributed by atoms with Crippen molar-refractivity contribution in [2.45, 2.75) is 44.9 Å². The van der Waals surface area contributed by atoms with Crippen molar-refractivity contribution < 1.29 is 0 Å². The molecule has 0 aromatic carbocycles. The van der Waals surface area contributed by atoms with Crippen LogP contribution in [0, 0.1) is 5.92 Å². The van der Waals surface area contributed by atoms with E-state index in [2.05, 4.69) is 19.9 Å². The summed E-state index contributed by atoms with van der Waals surface area (Å²) >= 11 is 4.00. The molecule has 0 saturated carbocycles. The van der Waals surface area contributed by atoms with Crippen LogP contribution in [0.25, 0.3) is 0 Å². The van der Waals surface area contributed by atoms with Crippen molar-refractivity contribution in [3.63, 3.8) is 0 Å². The maximum atomic E-state index is 6.26. The van der Waals surface area contributed by atoms with E-state index < -0.39 is 0 Å². The van der Waals surface area contributed by atoms with Crippen molar-refractivity contribution in [1.82, 2.24) is 0 Å². The number of thioether (sulfide) groups is 1. The van der Waals surface area contributed by atoms with Crippen LogP contribution in [0.1, 0.15) is 48.0 Å². The summed E-state index contributed by atoms with van der Waals surface area (Å²) in [6, 6.07) is 2.62. The molecule has 0 radical (unpaired) electrons. The molecule has 2 heterocycles. The molecule has 16 heavy (non-hydrogen) atoms. The lowest BCUT2D eigenvalue weighted by Gasteiger charge is -2.10. The van der Waals surface area contributed by atoms with Crippen LogP contribution in [-0.4, -0.2) is 5.75 Å². The molecular formula is C13H21NS2. The highest BCUT2D eigenvalue weighted by Gasteiger charge is 2.17. The Morgan fingerprint density at radius 1 is 1.38 bits per heavy atom. The van der Waals surface area contributed by atoms with Gasteiger partial charge in [0.15, 0.2) is 0 Å². The minimum atomic E-state index is 0.267. The molecule has 0 spiro atoms. The van der Waals surface area contributed by atoms with E-state index in [9.17, 15) is 0 Å². The van der Waals surface area contributed by atoms with Crippen LogP contribution in [-0.2, 0) is 12.2 Å². The first-order chi connectivity index (χ1) is 7.66. The van der Waals surface area contributed by atoms with Crippen molar-refractivity contribution in [2.75, 3.05) is 5.75 Å². The second-order valence-electron chi connectivity index (χ2n) is 4.98. The van der Waals surface area contributed by atoms with Gasteiger partial charge in [0.2, 0.25) is 0 Å². The number of thiophene rings is 1. The smallest absolute Gasteiger partial charge is 0.0390 e. The number of hydrogen-bond acceptors (Lipinski definition) is 3. The first-order valence-electron chi connectivity index (χ1n) is 6.11. The Balaban J connectivity index is 2.00. The molecule has 1 unspecified atom stereocenters. The molecule has 1 nitrogen and oxygen atoms in total. The average Bonchev–Trinajstić information content (AvgIpc) is 2.69. The van der Waals surface area contributed by atoms with Crippen LogP contribution in [0.2, 0.25) is 0 Å². The van der Waals surface area contributed by atoms with Crippen molar-refractivity contribution in [1.29, 1.82) is 0 Å². The standard InChI is InChI=1S/C13H21NS2/c1-9(2)3-4-11(14)13-7-10-8-15-6-5-12(10)16-13/h7,9,11H,3-6,8,14H2,1-2H3. The van der Waals surface area contributed by atoms with E-state index in [4.69, 9.17) is 5.73 Å². The zero-order chi connectivity index (χ0) is 11.5. The maximum Gasteiger partial charge on any atom is 0.0390 e. The van der Waals surface area contributed by atoms with E-state index in [0.717, 1.165) is 12.3 Å². The second-order valence-corrected chi connectivity index (χ2v) is 7.25. The van der Waals surface area contributed by atoms with Gasteiger partial charge < -0.3 is 5.73 Å². The van der Waals surface area contributed by atoms with E-state index >= 15 is 0 Å². The van der Waals surface area contributed by atoms with Gasteiger partial charge in [0, 0.05) is 21.5 Å². The van der Waals surface area contributed by atoms with Crippen LogP contribution >= 0.6 is 23.1 Å². The maximum absolute atomic E-state index is 6.26. The molecule has 90 valence electrons. The third-order valence-corrected chi connectivity index (χ3v) is 5.44. The van der Waals surface area contributed by atoms with Gasteiger partial charge in [-0.1, -0.05) is 13.8 Å². The molecule has 0 saturated heterocycles. The molecular weight excluding hydrogens is 234 g/mol. The fraction of sp³-hybridized carbons (Fsp3) is 0.692. The van der Waals surface area contributed by atoms with E-state index in [1.807, 2.05) is 23.1 Å². The minimum absolute atomic E-state index is 0.267. The van der Waals surface area contributed by atoms with Crippen LogP contribution in [0.15, 0.2) is 6.07 Å². The van der Waals surface area contributed by atoms with E-state index in [1.165, 1.54) is 29.2 Å². The summed E-state index contributed by atoms with van der Waals surface area (Å²) in [5.41, 5.74) is 7.81. The molecule has 0 aliphatic carbocycles. The minimum Gasteiger partial charge on any atom is -0.323 e. The predicted octanol–water partition coefficient (Wildman–Crippen LogP) is 3.97. The second kappa shape index (κ2) is 5.56. The third-order valence-electron chi connectivity index (χ3n) is 3.07. The van der Waals surface area contributed by atoms with Crippen LogP contribution in [0.3, 0.4) is 0 Å². The Bertz CT molecular complexity index is 320. The van der Waals surface area contributed by atoms with Crippen molar-refractivity contribution in [2.24, 2.45) is 11.7 Å². The third kappa shape index (κ3) is 3.02. The van der Waals surface area contributed by atoms with E-state index in [0.29, 0.717) is 0 Å². The molecule has 2 N–H and O–H groups in total. The van der Waals surface area contributed by atoms with Gasteiger partial charge >= 0.3 is 0 Å². The molecule has 1 aromatic rings. The predicted molar refractivity (Wildman–Crippen MR) is 75.2 cm³/mol. The number of aryl methyl sites for hydroxylation is 1. The van der Waals surface area contributed by atoms with Gasteiger partial charge in [-0.3, -0.25) is 0 Å². The fourth-order valence-electron chi connectivity index (χ4n) is 2.01. The highest BCUT2D eigenvalue weighted by molar-refractivity contribution is 7.98. The molecule has 2 rings (SSSR count). The van der Waals surface area contributed by atoms with Gasteiger partial charge in [0.1, 0.15) is 0 Å². The van der Waals surface area contributed by atoms with Gasteiger partial charge in [-0.15, -0.1) is 11.3 Å². The highest BCUT2D eigenvalue weighted by Crippen LogP contribution is 2.35. The lowest BCUT2D eigenvalue weighted by molar-refractivity contribution is 0.510. The number of rotatable bonds is 4. The SMILES string of the molecule is CC(C)CCC(N)c1cc2c(s1)CCSC2. The summed E-state index contributed by atoms with van der Waals surface area (Å²) in [7, 11) is 0. The normalized spacial score (nSPS) is 17.5. The monoisotopic (exact) mass is 255 g/mol. The first-order valence-corrected chi connectivity index (χ1v) is 8.08. The summed E-state index contributed by atoms with van der Waals surface area (Å²) in [5, 5.41) is 0. The van der Waals surface area contributed by atoms with Crippen molar-refractivity contribution in [3.05, 3.63) is 21.4 Å². The fourth-order valence-corrected chi connectivity index (χ4v) is 4.42. The number of nitrogens with two attached hydrogens (primary N) is 1. The van der Waals surface area contributed by atoms with Gasteiger partial charge in [0.05, 0.1) is 0 Å². The largest absolute Gasteiger partial charge is 0.323 e. The molecule has 3 heteroatoms. The number of hydrogen-bond donors (Lipinski definition) is 1. The van der Waals surface area contributed by atoms with Crippen molar-refractivity contribution >= 4 is 23.1 Å². The summed E-state index contributed by atoms with van der Waals surface area (Å²) in [4.78, 5) is 3.00. The summed E-state index contributed by atoms with van der Waals surface area (Å²) in [6.45, 7) is 4.53. The lowest BCUT2D eigenvalue weighted by Crippen LogP contribution is -2.09. The van der Waals surface area contributed by atoms with E-state index in [1.54, 1.807) is 10.4 Å². The first kappa shape index (κ1) is 12.5. The molecule has 1 aliphatic rings. The van der Waals surface area contributed by atoms with Crippen molar-refractivity contribution in [3.8, 4) is 0 Å². The average molecular weight is 255 g/mol. The molecule has 1 atom stereocenters. The quantitative estimate of drug-likeness (QED) is 0.881. The summed E-state index contributed by atoms with van der Waals surface area (Å²) in [6.07, 6.45) is 3.62. The summed E-state index contributed by atoms with van der Waals surface area (Å²) in [5.74, 6) is 3.24. The highest BCUT2D eigenvalue weighted by atomic mass is 32.2. The lowest BCUT2D eigenvalue weighted by atomic mass is 10.0. The van der Waals surface area contributed by atoms with Crippen LogP contribution in [0.4, 0.5) is 0 Å². The Morgan fingerprint density at radius 3 is 2.88 bits per heavy atom.